The van der Waals surface area contributed by atoms with E-state index in [4.69, 9.17) is 11.6 Å². The van der Waals surface area contributed by atoms with Crippen LogP contribution < -0.4 is 10.6 Å². The van der Waals surface area contributed by atoms with Crippen molar-refractivity contribution in [3.05, 3.63) is 29.3 Å². The topological polar surface area (TPSA) is 61.4 Å². The molecule has 3 rings (SSSR count). The van der Waals surface area contributed by atoms with Gasteiger partial charge in [0.05, 0.1) is 10.7 Å². The van der Waals surface area contributed by atoms with E-state index in [9.17, 15) is 9.59 Å². The standard InChI is InChI=1S/C17H22ClN3O2/c18-14-7-3-4-8-15(14)20-17(23)16(22)19-12-9-10-21(11-12)13-5-1-2-6-13/h3-4,7-8,12-13H,1-2,5-6,9-11H2,(H,19,22)(H,20,23). The van der Waals surface area contributed by atoms with Gasteiger partial charge < -0.3 is 10.6 Å². The van der Waals surface area contributed by atoms with Crippen LogP contribution in [0.15, 0.2) is 24.3 Å². The molecule has 1 aromatic carbocycles. The molecule has 2 N–H and O–H groups in total. The van der Waals surface area contributed by atoms with Crippen LogP contribution in [0.4, 0.5) is 5.69 Å². The molecule has 1 heterocycles. The largest absolute Gasteiger partial charge is 0.344 e. The quantitative estimate of drug-likeness (QED) is 0.834. The van der Waals surface area contributed by atoms with Crippen molar-refractivity contribution in [2.24, 2.45) is 0 Å². The maximum atomic E-state index is 12.1. The number of carbonyl (C=O) groups excluding carboxylic acids is 2. The maximum Gasteiger partial charge on any atom is 0.313 e. The summed E-state index contributed by atoms with van der Waals surface area (Å²) in [6.45, 7) is 1.84. The summed E-state index contributed by atoms with van der Waals surface area (Å²) in [4.78, 5) is 26.5. The number of carbonyl (C=O) groups is 2. The fraction of sp³-hybridized carbons (Fsp3) is 0.529. The van der Waals surface area contributed by atoms with Crippen LogP contribution in [-0.2, 0) is 9.59 Å². The molecule has 1 aliphatic carbocycles. The lowest BCUT2D eigenvalue weighted by molar-refractivity contribution is -0.136. The van der Waals surface area contributed by atoms with E-state index in [0.717, 1.165) is 19.5 Å². The highest BCUT2D eigenvalue weighted by Gasteiger charge is 2.31. The molecule has 124 valence electrons. The first kappa shape index (κ1) is 16.3. The Bertz CT molecular complexity index is 587. The summed E-state index contributed by atoms with van der Waals surface area (Å²) in [6.07, 6.45) is 6.03. The van der Waals surface area contributed by atoms with Crippen molar-refractivity contribution in [1.82, 2.24) is 10.2 Å². The van der Waals surface area contributed by atoms with Crippen LogP contribution >= 0.6 is 11.6 Å². The van der Waals surface area contributed by atoms with E-state index in [1.165, 1.54) is 25.7 Å². The Labute approximate surface area is 141 Å². The van der Waals surface area contributed by atoms with E-state index in [1.54, 1.807) is 24.3 Å². The summed E-state index contributed by atoms with van der Waals surface area (Å²) in [7, 11) is 0. The molecule has 2 aliphatic rings. The average molecular weight is 336 g/mol. The molecule has 0 bridgehead atoms. The number of halogens is 1. The fourth-order valence-corrected chi connectivity index (χ4v) is 3.68. The molecule has 0 aromatic heterocycles. The lowest BCUT2D eigenvalue weighted by Gasteiger charge is -2.23. The molecule has 1 atom stereocenters. The van der Waals surface area contributed by atoms with Crippen molar-refractivity contribution in [2.75, 3.05) is 18.4 Å². The van der Waals surface area contributed by atoms with E-state index < -0.39 is 11.8 Å². The minimum atomic E-state index is -0.669. The maximum absolute atomic E-state index is 12.1. The SMILES string of the molecule is O=C(Nc1ccccc1Cl)C(=O)NC1CCN(C2CCCC2)C1. The number of nitrogens with zero attached hydrogens (tertiary/aromatic N) is 1. The van der Waals surface area contributed by atoms with Crippen LogP contribution in [0.2, 0.25) is 5.02 Å². The number of likely N-dealkylation sites (tertiary alicyclic amines) is 1. The predicted molar refractivity (Wildman–Crippen MR) is 90.5 cm³/mol. The van der Waals surface area contributed by atoms with Gasteiger partial charge in [0, 0.05) is 25.2 Å². The van der Waals surface area contributed by atoms with Gasteiger partial charge in [-0.1, -0.05) is 36.6 Å². The summed E-state index contributed by atoms with van der Waals surface area (Å²) in [5.41, 5.74) is 0.452. The molecule has 0 radical (unpaired) electrons. The van der Waals surface area contributed by atoms with Crippen molar-refractivity contribution in [3.63, 3.8) is 0 Å². The van der Waals surface area contributed by atoms with Crippen LogP contribution in [0.1, 0.15) is 32.1 Å². The predicted octanol–water partition coefficient (Wildman–Crippen LogP) is 2.41. The van der Waals surface area contributed by atoms with E-state index in [2.05, 4.69) is 15.5 Å². The second-order valence-corrected chi connectivity index (χ2v) is 6.73. The van der Waals surface area contributed by atoms with Crippen molar-refractivity contribution < 1.29 is 9.59 Å². The molecule has 1 aromatic rings. The molecule has 1 saturated carbocycles. The molecule has 0 spiro atoms. The van der Waals surface area contributed by atoms with Crippen LogP contribution in [0.5, 0.6) is 0 Å². The van der Waals surface area contributed by atoms with Gasteiger partial charge in [-0.2, -0.15) is 0 Å². The van der Waals surface area contributed by atoms with Crippen LogP contribution in [0, 0.1) is 0 Å². The highest BCUT2D eigenvalue weighted by atomic mass is 35.5. The number of nitrogens with one attached hydrogen (secondary N) is 2. The number of para-hydroxylation sites is 1. The summed E-state index contributed by atoms with van der Waals surface area (Å²) < 4.78 is 0. The highest BCUT2D eigenvalue weighted by Crippen LogP contribution is 2.26. The molecular weight excluding hydrogens is 314 g/mol. The van der Waals surface area contributed by atoms with Gasteiger partial charge in [-0.05, 0) is 31.4 Å². The Morgan fingerprint density at radius 2 is 1.83 bits per heavy atom. The van der Waals surface area contributed by atoms with Gasteiger partial charge in [-0.25, -0.2) is 0 Å². The van der Waals surface area contributed by atoms with Crippen LogP contribution in [-0.4, -0.2) is 41.9 Å². The molecule has 1 unspecified atom stereocenters. The van der Waals surface area contributed by atoms with Crippen LogP contribution in [0.25, 0.3) is 0 Å². The zero-order valence-electron chi connectivity index (χ0n) is 13.1. The normalized spacial score (nSPS) is 22.2. The number of amides is 2. The molecule has 1 aliphatic heterocycles. The lowest BCUT2D eigenvalue weighted by atomic mass is 10.2. The monoisotopic (exact) mass is 335 g/mol. The first-order valence-electron chi connectivity index (χ1n) is 8.24. The molecule has 23 heavy (non-hydrogen) atoms. The van der Waals surface area contributed by atoms with Gasteiger partial charge in [0.25, 0.3) is 0 Å². The van der Waals surface area contributed by atoms with Crippen molar-refractivity contribution >= 4 is 29.1 Å². The first-order valence-corrected chi connectivity index (χ1v) is 8.61. The van der Waals surface area contributed by atoms with E-state index in [-0.39, 0.29) is 6.04 Å². The van der Waals surface area contributed by atoms with E-state index in [1.807, 2.05) is 0 Å². The smallest absolute Gasteiger partial charge is 0.313 e. The third-order valence-corrected chi connectivity index (χ3v) is 5.05. The zero-order valence-corrected chi connectivity index (χ0v) is 13.8. The number of anilines is 1. The Hall–Kier alpha value is -1.59. The molecule has 2 amide bonds. The fourth-order valence-electron chi connectivity index (χ4n) is 3.50. The van der Waals surface area contributed by atoms with Crippen molar-refractivity contribution in [2.45, 2.75) is 44.2 Å². The summed E-state index contributed by atoms with van der Waals surface area (Å²) in [6, 6.07) is 7.59. The Kier molecular flexibility index (Phi) is 5.18. The first-order chi connectivity index (χ1) is 11.1. The minimum absolute atomic E-state index is 0.0556. The second-order valence-electron chi connectivity index (χ2n) is 6.33. The summed E-state index contributed by atoms with van der Waals surface area (Å²) in [5.74, 6) is -1.26. The third-order valence-electron chi connectivity index (χ3n) is 4.72. The molecule has 1 saturated heterocycles. The lowest BCUT2D eigenvalue weighted by Crippen LogP contribution is -2.43. The van der Waals surface area contributed by atoms with Gasteiger partial charge in [0.15, 0.2) is 0 Å². The minimum Gasteiger partial charge on any atom is -0.344 e. The molecular formula is C17H22ClN3O2. The number of benzene rings is 1. The van der Waals surface area contributed by atoms with Gasteiger partial charge in [0.1, 0.15) is 0 Å². The highest BCUT2D eigenvalue weighted by molar-refractivity contribution is 6.41. The molecule has 2 fully saturated rings. The van der Waals surface area contributed by atoms with Gasteiger partial charge in [0.2, 0.25) is 0 Å². The van der Waals surface area contributed by atoms with Gasteiger partial charge in [-0.15, -0.1) is 0 Å². The number of hydrogen-bond acceptors (Lipinski definition) is 3. The second kappa shape index (κ2) is 7.32. The summed E-state index contributed by atoms with van der Waals surface area (Å²) >= 11 is 5.98. The molecule has 6 heteroatoms. The van der Waals surface area contributed by atoms with Crippen molar-refractivity contribution in [1.29, 1.82) is 0 Å². The Morgan fingerprint density at radius 1 is 1.09 bits per heavy atom. The third kappa shape index (κ3) is 4.03. The zero-order chi connectivity index (χ0) is 16.2. The van der Waals surface area contributed by atoms with E-state index in [0.29, 0.717) is 16.8 Å². The Morgan fingerprint density at radius 3 is 2.57 bits per heavy atom. The Balaban J connectivity index is 1.49. The summed E-state index contributed by atoms with van der Waals surface area (Å²) in [5, 5.41) is 5.81. The molecule has 5 nitrogen and oxygen atoms in total. The average Bonchev–Trinajstić information content (AvgIpc) is 3.20. The number of rotatable bonds is 3. The number of hydrogen-bond donors (Lipinski definition) is 2. The van der Waals surface area contributed by atoms with E-state index >= 15 is 0 Å². The van der Waals surface area contributed by atoms with Crippen molar-refractivity contribution in [3.8, 4) is 0 Å². The van der Waals surface area contributed by atoms with Gasteiger partial charge >= 0.3 is 11.8 Å². The van der Waals surface area contributed by atoms with Crippen LogP contribution in [0.3, 0.4) is 0 Å². The van der Waals surface area contributed by atoms with Gasteiger partial charge in [-0.3, -0.25) is 14.5 Å².